The molecule has 0 fully saturated rings. The minimum absolute atomic E-state index is 0.395. The smallest absolute Gasteiger partial charge is 0.0353 e. The van der Waals surface area contributed by atoms with Gasteiger partial charge in [0.05, 0.1) is 0 Å². The molecule has 4 heavy (non-hydrogen) atoms. The van der Waals surface area contributed by atoms with Crippen molar-refractivity contribution in [3.8, 4) is 0 Å². The van der Waals surface area contributed by atoms with Crippen LogP contribution in [-0.2, 0) is 0 Å². The molecule has 0 bridgehead atoms. The Morgan fingerprint density at radius 3 is 2.25 bits per heavy atom. The lowest BCUT2D eigenvalue weighted by molar-refractivity contribution is 2.51. The Labute approximate surface area is 43.2 Å². The fourth-order valence-corrected chi connectivity index (χ4v) is 0. The first kappa shape index (κ1) is 0.684. The largest absolute Gasteiger partial charge is 0.0979 e. The molecule has 0 aromatic rings. The molecular weight excluding hydrogens is 88.2 g/mol. The Morgan fingerprint density at radius 2 is 2.00 bits per heavy atom. The first-order chi connectivity index (χ1) is 4.21. The van der Waals surface area contributed by atoms with E-state index in [9.17, 15) is 0 Å². The molecule has 0 saturated carbocycles. The summed E-state index contributed by atoms with van der Waals surface area (Å²) in [6.45, 7) is 0. The first-order valence-corrected chi connectivity index (χ1v) is 2.72. The molecule has 0 rings (SSSR count). The second-order valence-corrected chi connectivity index (χ2v) is 1.50. The highest BCUT2D eigenvalue weighted by Crippen LogP contribution is 2.09. The van der Waals surface area contributed by atoms with E-state index in [1.807, 2.05) is 0 Å². The molecule has 0 atom stereocenters. The van der Waals surface area contributed by atoms with Crippen molar-refractivity contribution in [1.82, 2.24) is 0 Å². The van der Waals surface area contributed by atoms with E-state index in [1.165, 1.54) is 0 Å². The Bertz CT molecular complexity index is 87.3. The minimum Gasteiger partial charge on any atom is -0.0979 e. The predicted octanol–water partition coefficient (Wildman–Crippen LogP) is 1.63. The zero-order chi connectivity index (χ0) is 8.41. The van der Waals surface area contributed by atoms with Gasteiger partial charge in [0.2, 0.25) is 0 Å². The van der Waals surface area contributed by atoms with Gasteiger partial charge in [-0.1, -0.05) is 21.6 Å². The molecule has 0 aromatic carbocycles. The molecule has 0 spiro atoms. The van der Waals surface area contributed by atoms with Crippen LogP contribution in [0.3, 0.4) is 0 Å². The Morgan fingerprint density at radius 1 is 1.50 bits per heavy atom. The number of hydrogen-bond donors (Lipinski definition) is 0. The van der Waals surface area contributed by atoms with E-state index >= 15 is 0 Å². The highest BCUT2D eigenvalue weighted by Gasteiger charge is 1.55. The third-order valence-electron chi connectivity index (χ3n) is 0.0417. The second kappa shape index (κ2) is 3.70. The molecule has 0 aliphatic rings. The van der Waals surface area contributed by atoms with Crippen LogP contribution in [0.15, 0.2) is 0 Å². The summed E-state index contributed by atoms with van der Waals surface area (Å²) in [5.41, 5.74) is 0. The molecule has 0 aromatic heterocycles. The molecule has 0 saturated heterocycles. The summed E-state index contributed by atoms with van der Waals surface area (Å²) in [5, 5.41) is 0. The molecule has 2 heteroatoms. The van der Waals surface area contributed by atoms with Crippen molar-refractivity contribution in [3.05, 3.63) is 0 Å². The summed E-state index contributed by atoms with van der Waals surface area (Å²) in [6.07, 6.45) is -4.45. The highest BCUT2D eigenvalue weighted by atomic mass is 33.1. The summed E-state index contributed by atoms with van der Waals surface area (Å²) >= 11 is 0. The van der Waals surface area contributed by atoms with Crippen molar-refractivity contribution in [2.24, 2.45) is 0 Å². The fraction of sp³-hybridized carbons (Fsp3) is 1.00. The SMILES string of the molecule is [2H]C([2H])([2H])SSC([2H])([2H])[2H]. The normalized spacial score (nSPS) is 36.0. The predicted molar refractivity (Wildman–Crippen MR) is 27.0 cm³/mol. The van der Waals surface area contributed by atoms with Crippen molar-refractivity contribution in [2.75, 3.05) is 12.4 Å². The average molecular weight is 100 g/mol. The molecule has 0 radical (unpaired) electrons. The zero-order valence-corrected chi connectivity index (χ0v) is 3.45. The van der Waals surface area contributed by atoms with Gasteiger partial charge in [0.25, 0.3) is 0 Å². The Kier molecular flexibility index (Phi) is 0.633. The lowest BCUT2D eigenvalue weighted by Gasteiger charge is -1.69. The van der Waals surface area contributed by atoms with E-state index in [2.05, 4.69) is 0 Å². The van der Waals surface area contributed by atoms with Gasteiger partial charge < -0.3 is 0 Å². The maximum absolute atomic E-state index is 6.64. The molecule has 0 N–H and O–H groups in total. The molecule has 0 heterocycles. The van der Waals surface area contributed by atoms with Crippen LogP contribution in [0.1, 0.15) is 8.22 Å². The van der Waals surface area contributed by atoms with E-state index in [0.29, 0.717) is 21.6 Å². The highest BCUT2D eigenvalue weighted by molar-refractivity contribution is 8.76. The summed E-state index contributed by atoms with van der Waals surface area (Å²) in [4.78, 5) is 0. The Balaban J connectivity index is 3.56. The van der Waals surface area contributed by atoms with E-state index in [4.69, 9.17) is 8.22 Å². The van der Waals surface area contributed by atoms with E-state index in [-0.39, 0.29) is 0 Å². The van der Waals surface area contributed by atoms with Gasteiger partial charge in [-0.2, -0.15) is 0 Å². The van der Waals surface area contributed by atoms with E-state index in [1.54, 1.807) is 0 Å². The Hall–Kier alpha value is 0.700. The molecule has 0 aliphatic carbocycles. The maximum Gasteiger partial charge on any atom is 0.0353 e. The van der Waals surface area contributed by atoms with Gasteiger partial charge in [0, 0.05) is 8.22 Å². The lowest BCUT2D eigenvalue weighted by atomic mass is 12.0. The minimum atomic E-state index is -2.22. The molecule has 0 amide bonds. The van der Waals surface area contributed by atoms with Gasteiger partial charge in [-0.05, 0) is 12.4 Å². The maximum atomic E-state index is 6.64. The second-order valence-electron chi connectivity index (χ2n) is 0.167. The van der Waals surface area contributed by atoms with Gasteiger partial charge >= 0.3 is 0 Å². The molecule has 0 aliphatic heterocycles. The third-order valence-corrected chi connectivity index (χ3v) is 0.375. The van der Waals surface area contributed by atoms with Gasteiger partial charge in [-0.25, -0.2) is 0 Å². The molecule has 0 nitrogen and oxygen atoms in total. The quantitative estimate of drug-likeness (QED) is 0.459. The van der Waals surface area contributed by atoms with E-state index < -0.39 is 12.4 Å². The van der Waals surface area contributed by atoms with Crippen LogP contribution in [-0.4, -0.2) is 12.4 Å². The third kappa shape index (κ3) is 2.70. The van der Waals surface area contributed by atoms with Crippen LogP contribution in [0.25, 0.3) is 0 Å². The van der Waals surface area contributed by atoms with Crippen LogP contribution >= 0.6 is 21.6 Å². The number of rotatable bonds is 1. The van der Waals surface area contributed by atoms with Crippen molar-refractivity contribution in [2.45, 2.75) is 0 Å². The van der Waals surface area contributed by atoms with Gasteiger partial charge in [0.15, 0.2) is 0 Å². The summed E-state index contributed by atoms with van der Waals surface area (Å²) < 4.78 is 39.8. The zero-order valence-electron chi connectivity index (χ0n) is 7.82. The van der Waals surface area contributed by atoms with Gasteiger partial charge in [-0.3, -0.25) is 0 Å². The lowest BCUT2D eigenvalue weighted by Crippen LogP contribution is -1.28. The monoisotopic (exact) mass is 100 g/mol. The van der Waals surface area contributed by atoms with E-state index in [0.717, 1.165) is 0 Å². The molecule has 0 unspecified atom stereocenters. The van der Waals surface area contributed by atoms with Crippen molar-refractivity contribution < 1.29 is 8.22 Å². The van der Waals surface area contributed by atoms with Crippen LogP contribution in [0.4, 0.5) is 0 Å². The van der Waals surface area contributed by atoms with Crippen LogP contribution in [0, 0.1) is 0 Å². The van der Waals surface area contributed by atoms with Gasteiger partial charge in [0.1, 0.15) is 0 Å². The van der Waals surface area contributed by atoms with Crippen LogP contribution in [0.5, 0.6) is 0 Å². The van der Waals surface area contributed by atoms with Gasteiger partial charge in [-0.15, -0.1) is 0 Å². The van der Waals surface area contributed by atoms with Crippen molar-refractivity contribution in [1.29, 1.82) is 0 Å². The van der Waals surface area contributed by atoms with Crippen molar-refractivity contribution in [3.63, 3.8) is 0 Å². The number of hydrogen-bond acceptors (Lipinski definition) is 2. The first-order valence-electron chi connectivity index (χ1n) is 3.57. The molecular formula is C2H6S2. The van der Waals surface area contributed by atoms with Crippen molar-refractivity contribution >= 4 is 21.6 Å². The summed E-state index contributed by atoms with van der Waals surface area (Å²) in [7, 11) is 0.789. The standard InChI is InChI=1S/C2H6S2/c1-3-4-2/h1-2H3/i1D3,2D3. The summed E-state index contributed by atoms with van der Waals surface area (Å²) in [6, 6.07) is 0. The average Bonchev–Trinajstić information content (AvgIpc) is 1.57. The summed E-state index contributed by atoms with van der Waals surface area (Å²) in [5.74, 6) is 0. The molecule has 26 valence electrons. The van der Waals surface area contributed by atoms with Crippen LogP contribution in [0.2, 0.25) is 0 Å². The fourth-order valence-electron chi connectivity index (χ4n) is 0. The van der Waals surface area contributed by atoms with Crippen LogP contribution < -0.4 is 0 Å². The topological polar surface area (TPSA) is 0 Å².